The lowest BCUT2D eigenvalue weighted by molar-refractivity contribution is -0.134. The highest BCUT2D eigenvalue weighted by Crippen LogP contribution is 2.53. The molecule has 0 spiro atoms. The number of rotatable bonds is 6. The van der Waals surface area contributed by atoms with E-state index in [4.69, 9.17) is 37.9 Å². The summed E-state index contributed by atoms with van der Waals surface area (Å²) in [4.78, 5) is 35.6. The average molecular weight is 643 g/mol. The maximum Gasteiger partial charge on any atom is 0.407 e. The average Bonchev–Trinajstić information content (AvgIpc) is 3.41. The van der Waals surface area contributed by atoms with E-state index in [2.05, 4.69) is 17.6 Å². The third-order valence-electron chi connectivity index (χ3n) is 10.1. The highest BCUT2D eigenvalue weighted by Gasteiger charge is 2.53. The van der Waals surface area contributed by atoms with Crippen molar-refractivity contribution in [2.24, 2.45) is 22.3 Å². The third-order valence-corrected chi connectivity index (χ3v) is 10.5. The maximum atomic E-state index is 11.7. The standard InChI is InChI=1S/C13H22N2O3.C13H22N2O2S.C5H10O.2CH4/c1-9(2)18-11(17)15-13-6-3-12(4-7-13,5-8-13)10(14)16;1-9(2)17-11(16)15-13-6-3-12(4-7-13,5-8-13)10(14)18;1-5-3-2-4-6-5;;/h9H,3-8H2,1-2H3,(H2,14,16)(H,15,17);9H,3-8H2,1-2H3,(H2,14,18)(H,15,16);5H,2-4H2,1H3;2*1H4. The second-order valence-corrected chi connectivity index (χ2v) is 14.3. The van der Waals surface area contributed by atoms with Gasteiger partial charge >= 0.3 is 12.2 Å². The van der Waals surface area contributed by atoms with Crippen LogP contribution in [0, 0.1) is 10.8 Å². The summed E-state index contributed by atoms with van der Waals surface area (Å²) in [6.07, 6.45) is 12.9. The van der Waals surface area contributed by atoms with Crippen LogP contribution >= 0.6 is 12.2 Å². The van der Waals surface area contributed by atoms with Crippen molar-refractivity contribution in [1.82, 2.24) is 10.6 Å². The van der Waals surface area contributed by atoms with Gasteiger partial charge in [0, 0.05) is 28.5 Å². The van der Waals surface area contributed by atoms with Crippen LogP contribution in [0.3, 0.4) is 0 Å². The van der Waals surface area contributed by atoms with Gasteiger partial charge in [0.15, 0.2) is 0 Å². The number of ether oxygens (including phenoxy) is 3. The zero-order valence-electron chi connectivity index (χ0n) is 26.4. The molecule has 3 amide bonds. The number of nitrogens with two attached hydrogens (primary N) is 2. The van der Waals surface area contributed by atoms with E-state index in [1.54, 1.807) is 0 Å². The normalized spacial score (nSPS) is 32.8. The highest BCUT2D eigenvalue weighted by molar-refractivity contribution is 7.80. The molecule has 4 bridgehead atoms. The van der Waals surface area contributed by atoms with Gasteiger partial charge in [-0.2, -0.15) is 0 Å². The van der Waals surface area contributed by atoms with E-state index >= 15 is 0 Å². The number of thiocarbonyl (C=S) groups is 1. The third kappa shape index (κ3) is 10.2. The molecule has 1 saturated heterocycles. The molecule has 0 aromatic heterocycles. The smallest absolute Gasteiger partial charge is 0.407 e. The summed E-state index contributed by atoms with van der Waals surface area (Å²) >= 11 is 5.20. The Morgan fingerprint density at radius 2 is 1.09 bits per heavy atom. The van der Waals surface area contributed by atoms with Gasteiger partial charge in [-0.25, -0.2) is 9.59 Å². The quantitative estimate of drug-likeness (QED) is 0.235. The van der Waals surface area contributed by atoms with Gasteiger partial charge in [-0.15, -0.1) is 0 Å². The van der Waals surface area contributed by atoms with E-state index in [1.807, 2.05) is 27.7 Å². The van der Waals surface area contributed by atoms with Gasteiger partial charge in [-0.1, -0.05) is 27.1 Å². The molecule has 11 heteroatoms. The maximum absolute atomic E-state index is 11.7. The van der Waals surface area contributed by atoms with Crippen LogP contribution in [0.2, 0.25) is 0 Å². The van der Waals surface area contributed by atoms with Crippen LogP contribution in [0.5, 0.6) is 0 Å². The summed E-state index contributed by atoms with van der Waals surface area (Å²) in [5.74, 6) is -0.180. The minimum Gasteiger partial charge on any atom is -0.447 e. The Hall–Kier alpha value is -2.14. The zero-order valence-corrected chi connectivity index (χ0v) is 27.2. The molecule has 7 fully saturated rings. The molecule has 0 radical (unpaired) electrons. The van der Waals surface area contributed by atoms with Crippen LogP contribution in [0.1, 0.15) is 139 Å². The topological polar surface area (TPSA) is 155 Å². The lowest BCUT2D eigenvalue weighted by atomic mass is 9.57. The number of hydrogen-bond donors (Lipinski definition) is 4. The number of primary amides is 1. The van der Waals surface area contributed by atoms with Gasteiger partial charge in [-0.3, -0.25) is 4.79 Å². The van der Waals surface area contributed by atoms with Crippen molar-refractivity contribution in [2.45, 2.75) is 169 Å². The molecule has 1 heterocycles. The van der Waals surface area contributed by atoms with Crippen LogP contribution in [-0.2, 0) is 19.0 Å². The summed E-state index contributed by atoms with van der Waals surface area (Å²) < 4.78 is 15.4. The number of nitrogens with one attached hydrogen (secondary N) is 2. The molecule has 0 aromatic carbocycles. The number of fused-ring (bicyclic) bond motifs is 6. The van der Waals surface area contributed by atoms with Crippen molar-refractivity contribution in [2.75, 3.05) is 6.61 Å². The Morgan fingerprint density at radius 1 is 0.727 bits per heavy atom. The molecule has 0 aromatic rings. The molecule has 1 atom stereocenters. The highest BCUT2D eigenvalue weighted by atomic mass is 32.1. The van der Waals surface area contributed by atoms with Crippen molar-refractivity contribution >= 4 is 35.3 Å². The molecule has 6 saturated carbocycles. The Labute approximate surface area is 271 Å². The molecule has 44 heavy (non-hydrogen) atoms. The van der Waals surface area contributed by atoms with Crippen molar-refractivity contribution in [3.63, 3.8) is 0 Å². The number of hydrogen-bond acceptors (Lipinski definition) is 7. The van der Waals surface area contributed by atoms with Gasteiger partial charge in [0.25, 0.3) is 0 Å². The van der Waals surface area contributed by atoms with E-state index in [9.17, 15) is 14.4 Å². The first-order valence-electron chi connectivity index (χ1n) is 15.8. The first-order valence-corrected chi connectivity index (χ1v) is 16.2. The Balaban J connectivity index is 0.000000356. The van der Waals surface area contributed by atoms with Crippen LogP contribution in [0.15, 0.2) is 0 Å². The molecule has 256 valence electrons. The van der Waals surface area contributed by atoms with Gasteiger partial charge in [0.1, 0.15) is 0 Å². The summed E-state index contributed by atoms with van der Waals surface area (Å²) in [6, 6.07) is 0. The molecule has 1 unspecified atom stereocenters. The van der Waals surface area contributed by atoms with Crippen LogP contribution < -0.4 is 22.1 Å². The predicted octanol–water partition coefficient (Wildman–Crippen LogP) is 6.66. The predicted molar refractivity (Wildman–Crippen MR) is 179 cm³/mol. The molecule has 6 aliphatic carbocycles. The second-order valence-electron chi connectivity index (χ2n) is 13.8. The lowest BCUT2D eigenvalue weighted by Gasteiger charge is -2.52. The van der Waals surface area contributed by atoms with Crippen molar-refractivity contribution in [1.29, 1.82) is 0 Å². The second kappa shape index (κ2) is 16.4. The molecular weight excluding hydrogens is 580 g/mol. The van der Waals surface area contributed by atoms with Crippen LogP contribution in [0.25, 0.3) is 0 Å². The van der Waals surface area contributed by atoms with Crippen molar-refractivity contribution in [3.05, 3.63) is 0 Å². The number of carbonyl (C=O) groups excluding carboxylic acids is 3. The summed E-state index contributed by atoms with van der Waals surface area (Å²) in [5.41, 5.74) is 10.8. The van der Waals surface area contributed by atoms with E-state index < -0.39 is 0 Å². The molecular formula is C33H62N4O6S. The van der Waals surface area contributed by atoms with E-state index in [-0.39, 0.29) is 67.1 Å². The number of amides is 3. The van der Waals surface area contributed by atoms with Gasteiger partial charge in [-0.05, 0) is 125 Å². The monoisotopic (exact) mass is 642 g/mol. The fourth-order valence-corrected chi connectivity index (χ4v) is 7.45. The van der Waals surface area contributed by atoms with Gasteiger partial charge in [0.05, 0.1) is 23.3 Å². The first kappa shape index (κ1) is 39.9. The summed E-state index contributed by atoms with van der Waals surface area (Å²) in [5, 5.41) is 6.06. The van der Waals surface area contributed by atoms with E-state index in [1.165, 1.54) is 12.8 Å². The molecule has 7 rings (SSSR count). The zero-order chi connectivity index (χ0) is 31.2. The van der Waals surface area contributed by atoms with Crippen LogP contribution in [-0.4, -0.2) is 59.1 Å². The van der Waals surface area contributed by atoms with Gasteiger partial charge in [0.2, 0.25) is 5.91 Å². The largest absolute Gasteiger partial charge is 0.447 e. The fraction of sp³-hybridized carbons (Fsp3) is 0.879. The number of carbonyl (C=O) groups is 3. The molecule has 10 nitrogen and oxygen atoms in total. The molecule has 7 aliphatic rings. The van der Waals surface area contributed by atoms with Crippen LogP contribution in [0.4, 0.5) is 9.59 Å². The summed E-state index contributed by atoms with van der Waals surface area (Å²) in [6.45, 7) is 10.5. The minimum atomic E-state index is -0.349. The Morgan fingerprint density at radius 3 is 1.32 bits per heavy atom. The lowest BCUT2D eigenvalue weighted by Crippen LogP contribution is -2.59. The number of alkyl carbamates (subject to hydrolysis) is 2. The Kier molecular flexibility index (Phi) is 14.9. The molecule has 6 N–H and O–H groups in total. The van der Waals surface area contributed by atoms with E-state index in [0.717, 1.165) is 83.7 Å². The van der Waals surface area contributed by atoms with Gasteiger partial charge < -0.3 is 36.3 Å². The van der Waals surface area contributed by atoms with Crippen molar-refractivity contribution in [3.8, 4) is 0 Å². The van der Waals surface area contributed by atoms with Crippen molar-refractivity contribution < 1.29 is 28.6 Å². The summed E-state index contributed by atoms with van der Waals surface area (Å²) in [7, 11) is 0. The SMILES string of the molecule is C.C.CC(C)OC(=O)NC12CCC(C(N)=O)(CC1)CC2.CC(C)OC(=O)NC12CCC(C(N)=S)(CC1)CC2.CC1CCCO1. The fourth-order valence-electron chi connectivity index (χ4n) is 7.14. The minimum absolute atomic E-state index is 0. The first-order chi connectivity index (χ1) is 19.6. The Bertz CT molecular complexity index is 862. The molecule has 1 aliphatic heterocycles. The van der Waals surface area contributed by atoms with E-state index in [0.29, 0.717) is 11.1 Å².